The summed E-state index contributed by atoms with van der Waals surface area (Å²) in [5.74, 6) is 0. The van der Waals surface area contributed by atoms with Crippen LogP contribution in [0.4, 0.5) is 0 Å². The Labute approximate surface area is 256 Å². The molecule has 0 spiro atoms. The minimum absolute atomic E-state index is 1.24. The van der Waals surface area contributed by atoms with Crippen LogP contribution in [0.5, 0.6) is 0 Å². The lowest BCUT2D eigenvalue weighted by molar-refractivity contribution is 1.66. The lowest BCUT2D eigenvalue weighted by Gasteiger charge is -2.18. The Hall–Kier alpha value is -5.72. The van der Waals surface area contributed by atoms with Gasteiger partial charge in [0.25, 0.3) is 0 Å². The molecule has 204 valence electrons. The number of rotatable bonds is 3. The Morgan fingerprint density at radius 3 is 1.05 bits per heavy atom. The molecule has 0 radical (unpaired) electrons. The van der Waals surface area contributed by atoms with E-state index in [0.29, 0.717) is 0 Å². The molecule has 0 fully saturated rings. The van der Waals surface area contributed by atoms with Gasteiger partial charge in [-0.25, -0.2) is 0 Å². The molecular weight excluding hydrogens is 528 g/mol. The molecule has 0 atom stereocenters. The van der Waals surface area contributed by atoms with Crippen molar-refractivity contribution >= 4 is 53.9 Å². The highest BCUT2D eigenvalue weighted by Crippen LogP contribution is 2.44. The molecule has 0 nitrogen and oxygen atoms in total. The lowest BCUT2D eigenvalue weighted by atomic mass is 9.85. The highest BCUT2D eigenvalue weighted by atomic mass is 14.2. The number of hydrogen-bond acceptors (Lipinski definition) is 0. The summed E-state index contributed by atoms with van der Waals surface area (Å²) in [6, 6.07) is 62.3. The molecule has 0 aliphatic carbocycles. The Balaban J connectivity index is 1.27. The Morgan fingerprint density at radius 1 is 0.205 bits per heavy atom. The van der Waals surface area contributed by atoms with Gasteiger partial charge in [0.05, 0.1) is 0 Å². The first-order valence-corrected chi connectivity index (χ1v) is 15.3. The summed E-state index contributed by atoms with van der Waals surface area (Å²) in [6.45, 7) is 0. The summed E-state index contributed by atoms with van der Waals surface area (Å²) < 4.78 is 0. The highest BCUT2D eigenvalue weighted by Gasteiger charge is 2.17. The SMILES string of the molecule is c1ccc(-c2c3ccccc3c(-c3ccc4cc(-c5c6ccccc6cc6ccccc56)ccc4c3)c3ccccc23)cc1. The van der Waals surface area contributed by atoms with E-state index in [9.17, 15) is 0 Å². The van der Waals surface area contributed by atoms with Crippen molar-refractivity contribution in [3.05, 3.63) is 170 Å². The molecule has 0 aliphatic heterocycles. The number of fused-ring (bicyclic) bond motifs is 5. The first kappa shape index (κ1) is 24.8. The van der Waals surface area contributed by atoms with Crippen molar-refractivity contribution in [1.29, 1.82) is 0 Å². The second kappa shape index (κ2) is 9.93. The average Bonchev–Trinajstić information content (AvgIpc) is 3.09. The maximum absolute atomic E-state index is 2.37. The van der Waals surface area contributed by atoms with Crippen LogP contribution < -0.4 is 0 Å². The fourth-order valence-corrected chi connectivity index (χ4v) is 7.24. The zero-order chi connectivity index (χ0) is 29.0. The maximum Gasteiger partial charge on any atom is -0.00262 e. The largest absolute Gasteiger partial charge is 0.0622 e. The molecule has 0 aromatic heterocycles. The van der Waals surface area contributed by atoms with Crippen molar-refractivity contribution in [3.63, 3.8) is 0 Å². The molecule has 9 rings (SSSR count). The van der Waals surface area contributed by atoms with Crippen LogP contribution in [0.3, 0.4) is 0 Å². The molecular formula is C44H28. The number of benzene rings is 9. The van der Waals surface area contributed by atoms with Gasteiger partial charge in [0.15, 0.2) is 0 Å². The van der Waals surface area contributed by atoms with E-state index in [2.05, 4.69) is 170 Å². The minimum Gasteiger partial charge on any atom is -0.0622 e. The fraction of sp³-hybridized carbons (Fsp3) is 0. The van der Waals surface area contributed by atoms with Crippen LogP contribution in [-0.4, -0.2) is 0 Å². The predicted molar refractivity (Wildman–Crippen MR) is 190 cm³/mol. The van der Waals surface area contributed by atoms with Crippen molar-refractivity contribution < 1.29 is 0 Å². The molecule has 0 heteroatoms. The Bertz CT molecular complexity index is 2430. The summed E-state index contributed by atoms with van der Waals surface area (Å²) in [4.78, 5) is 0. The summed E-state index contributed by atoms with van der Waals surface area (Å²) >= 11 is 0. The molecule has 9 aromatic carbocycles. The van der Waals surface area contributed by atoms with Gasteiger partial charge < -0.3 is 0 Å². The van der Waals surface area contributed by atoms with Gasteiger partial charge in [0.1, 0.15) is 0 Å². The minimum atomic E-state index is 1.24. The molecule has 9 aromatic rings. The van der Waals surface area contributed by atoms with Gasteiger partial charge in [-0.05, 0) is 105 Å². The first-order chi connectivity index (χ1) is 21.8. The average molecular weight is 557 g/mol. The molecule has 0 saturated carbocycles. The second-order valence-electron chi connectivity index (χ2n) is 11.7. The van der Waals surface area contributed by atoms with Crippen LogP contribution in [0, 0.1) is 0 Å². The maximum atomic E-state index is 2.37. The van der Waals surface area contributed by atoms with Crippen LogP contribution in [0.15, 0.2) is 170 Å². The lowest BCUT2D eigenvalue weighted by Crippen LogP contribution is -1.91. The van der Waals surface area contributed by atoms with E-state index in [1.807, 2.05) is 0 Å². The monoisotopic (exact) mass is 556 g/mol. The third-order valence-corrected chi connectivity index (χ3v) is 9.18. The molecule has 0 amide bonds. The molecule has 0 N–H and O–H groups in total. The van der Waals surface area contributed by atoms with Gasteiger partial charge in [-0.1, -0.05) is 152 Å². The van der Waals surface area contributed by atoms with Gasteiger partial charge in [-0.2, -0.15) is 0 Å². The van der Waals surface area contributed by atoms with Crippen molar-refractivity contribution in [2.45, 2.75) is 0 Å². The van der Waals surface area contributed by atoms with Gasteiger partial charge in [-0.15, -0.1) is 0 Å². The van der Waals surface area contributed by atoms with E-state index in [1.54, 1.807) is 0 Å². The van der Waals surface area contributed by atoms with Crippen molar-refractivity contribution in [1.82, 2.24) is 0 Å². The summed E-state index contributed by atoms with van der Waals surface area (Å²) in [5.41, 5.74) is 7.64. The van der Waals surface area contributed by atoms with E-state index in [1.165, 1.54) is 87.2 Å². The standard InChI is InChI=1S/C44H28/c1-2-12-29(13-3-1)42-38-18-8-10-20-40(38)44(41-21-11-9-19-39(41)42)35-25-23-30-26-34(24-22-31(30)27-35)43-36-16-6-4-14-32(36)28-33-15-5-7-17-37(33)43/h1-28H. The van der Waals surface area contributed by atoms with Gasteiger partial charge in [-0.3, -0.25) is 0 Å². The van der Waals surface area contributed by atoms with Crippen LogP contribution in [-0.2, 0) is 0 Å². The third-order valence-electron chi connectivity index (χ3n) is 9.18. The topological polar surface area (TPSA) is 0 Å². The second-order valence-corrected chi connectivity index (χ2v) is 11.7. The Kier molecular flexibility index (Phi) is 5.61. The van der Waals surface area contributed by atoms with Crippen molar-refractivity contribution in [2.75, 3.05) is 0 Å². The van der Waals surface area contributed by atoms with E-state index < -0.39 is 0 Å². The van der Waals surface area contributed by atoms with Gasteiger partial charge >= 0.3 is 0 Å². The van der Waals surface area contributed by atoms with E-state index in [4.69, 9.17) is 0 Å². The molecule has 0 aliphatic rings. The summed E-state index contributed by atoms with van der Waals surface area (Å²) in [7, 11) is 0. The molecule has 44 heavy (non-hydrogen) atoms. The zero-order valence-corrected chi connectivity index (χ0v) is 24.2. The van der Waals surface area contributed by atoms with Gasteiger partial charge in [0.2, 0.25) is 0 Å². The van der Waals surface area contributed by atoms with Crippen LogP contribution in [0.25, 0.3) is 87.2 Å². The van der Waals surface area contributed by atoms with Crippen molar-refractivity contribution in [2.24, 2.45) is 0 Å². The molecule has 0 saturated heterocycles. The molecule has 0 bridgehead atoms. The van der Waals surface area contributed by atoms with Crippen LogP contribution >= 0.6 is 0 Å². The van der Waals surface area contributed by atoms with E-state index >= 15 is 0 Å². The van der Waals surface area contributed by atoms with E-state index in [0.717, 1.165) is 0 Å². The predicted octanol–water partition coefficient (Wildman–Crippen LogP) is 12.5. The van der Waals surface area contributed by atoms with Crippen molar-refractivity contribution in [3.8, 4) is 33.4 Å². The summed E-state index contributed by atoms with van der Waals surface area (Å²) in [6.07, 6.45) is 0. The number of hydrogen-bond donors (Lipinski definition) is 0. The Morgan fingerprint density at radius 2 is 0.568 bits per heavy atom. The zero-order valence-electron chi connectivity index (χ0n) is 24.2. The highest BCUT2D eigenvalue weighted by molar-refractivity contribution is 6.22. The molecule has 0 heterocycles. The van der Waals surface area contributed by atoms with E-state index in [-0.39, 0.29) is 0 Å². The summed E-state index contributed by atoms with van der Waals surface area (Å²) in [5, 5.41) is 12.7. The quantitative estimate of drug-likeness (QED) is 0.190. The molecule has 0 unspecified atom stereocenters. The fourth-order valence-electron chi connectivity index (χ4n) is 7.24. The van der Waals surface area contributed by atoms with Gasteiger partial charge in [0, 0.05) is 0 Å². The van der Waals surface area contributed by atoms with Crippen LogP contribution in [0.1, 0.15) is 0 Å². The third kappa shape index (κ3) is 3.85. The smallest absolute Gasteiger partial charge is 0.00262 e. The first-order valence-electron chi connectivity index (χ1n) is 15.3. The van der Waals surface area contributed by atoms with Crippen LogP contribution in [0.2, 0.25) is 0 Å². The normalized spacial score (nSPS) is 11.6.